The minimum atomic E-state index is -0.339. The van der Waals surface area contributed by atoms with Crippen LogP contribution in [0.5, 0.6) is 0 Å². The van der Waals surface area contributed by atoms with Crippen LogP contribution in [-0.4, -0.2) is 38.6 Å². The highest BCUT2D eigenvalue weighted by atomic mass is 16.5. The molecule has 15 heavy (non-hydrogen) atoms. The van der Waals surface area contributed by atoms with E-state index in [0.717, 1.165) is 12.8 Å². The predicted molar refractivity (Wildman–Crippen MR) is 55.4 cm³/mol. The van der Waals surface area contributed by atoms with Crippen molar-refractivity contribution in [3.8, 4) is 0 Å². The second kappa shape index (κ2) is 9.61. The summed E-state index contributed by atoms with van der Waals surface area (Å²) < 4.78 is 9.74. The highest BCUT2D eigenvalue weighted by Crippen LogP contribution is 1.96. The van der Waals surface area contributed by atoms with Crippen LogP contribution in [0.1, 0.15) is 25.7 Å². The summed E-state index contributed by atoms with van der Waals surface area (Å²) in [5, 5.41) is 0. The second-order valence-corrected chi connectivity index (χ2v) is 3.16. The third-order valence-electron chi connectivity index (χ3n) is 1.84. The third kappa shape index (κ3) is 9.37. The average molecular weight is 217 g/mol. The van der Waals surface area contributed by atoms with Gasteiger partial charge in [-0.15, -0.1) is 0 Å². The number of hydrogen-bond donors (Lipinski definition) is 1. The minimum absolute atomic E-state index is 0.0128. The first-order valence-corrected chi connectivity index (χ1v) is 5.07. The molecule has 0 aliphatic rings. The number of hydrogen-bond acceptors (Lipinski definition) is 5. The monoisotopic (exact) mass is 217 g/mol. The first-order valence-electron chi connectivity index (χ1n) is 5.07. The molecule has 88 valence electrons. The van der Waals surface area contributed by atoms with Gasteiger partial charge in [0.15, 0.2) is 0 Å². The maximum Gasteiger partial charge on any atom is 0.306 e. The Morgan fingerprint density at radius 1 is 1.13 bits per heavy atom. The number of rotatable bonds is 9. The summed E-state index contributed by atoms with van der Waals surface area (Å²) in [5.41, 5.74) is 5.10. The van der Waals surface area contributed by atoms with Crippen molar-refractivity contribution >= 4 is 11.8 Å². The van der Waals surface area contributed by atoms with Crippen molar-refractivity contribution in [2.75, 3.05) is 26.9 Å². The maximum atomic E-state index is 11.0. The highest BCUT2D eigenvalue weighted by Gasteiger charge is 2.06. The Morgan fingerprint density at radius 3 is 2.40 bits per heavy atom. The number of esters is 1. The van der Waals surface area contributed by atoms with Crippen LogP contribution in [0, 0.1) is 0 Å². The van der Waals surface area contributed by atoms with Gasteiger partial charge in [-0.25, -0.2) is 0 Å². The molecule has 0 saturated heterocycles. The maximum absolute atomic E-state index is 11.0. The van der Waals surface area contributed by atoms with Crippen molar-refractivity contribution < 1.29 is 19.1 Å². The van der Waals surface area contributed by atoms with Crippen molar-refractivity contribution in [3.05, 3.63) is 0 Å². The number of methoxy groups -OCH3 is 1. The van der Waals surface area contributed by atoms with E-state index in [0.29, 0.717) is 13.2 Å². The highest BCUT2D eigenvalue weighted by molar-refractivity contribution is 5.84. The fraction of sp³-hybridized carbons (Fsp3) is 0.800. The van der Waals surface area contributed by atoms with Gasteiger partial charge < -0.3 is 15.2 Å². The van der Waals surface area contributed by atoms with Crippen molar-refractivity contribution in [2.45, 2.75) is 25.7 Å². The van der Waals surface area contributed by atoms with Gasteiger partial charge >= 0.3 is 5.97 Å². The first-order chi connectivity index (χ1) is 7.20. The molecule has 5 heteroatoms. The van der Waals surface area contributed by atoms with E-state index in [1.807, 2.05) is 0 Å². The quantitative estimate of drug-likeness (QED) is 0.443. The van der Waals surface area contributed by atoms with Gasteiger partial charge in [0, 0.05) is 20.1 Å². The fourth-order valence-electron chi connectivity index (χ4n) is 0.950. The van der Waals surface area contributed by atoms with Gasteiger partial charge in [0.2, 0.25) is 0 Å². The number of unbranched alkanes of at least 4 members (excludes halogenated alkanes) is 1. The summed E-state index contributed by atoms with van der Waals surface area (Å²) in [4.78, 5) is 21.8. The van der Waals surface area contributed by atoms with Crippen molar-refractivity contribution in [1.82, 2.24) is 0 Å². The van der Waals surface area contributed by atoms with E-state index >= 15 is 0 Å². The SMILES string of the molecule is COCCCCOC(=O)CCC(=O)CN. The van der Waals surface area contributed by atoms with Gasteiger partial charge in [0.25, 0.3) is 0 Å². The van der Waals surface area contributed by atoms with E-state index in [9.17, 15) is 9.59 Å². The van der Waals surface area contributed by atoms with Crippen LogP contribution in [0.25, 0.3) is 0 Å². The third-order valence-corrected chi connectivity index (χ3v) is 1.84. The molecule has 0 bridgehead atoms. The second-order valence-electron chi connectivity index (χ2n) is 3.16. The van der Waals surface area contributed by atoms with Gasteiger partial charge in [-0.3, -0.25) is 9.59 Å². The lowest BCUT2D eigenvalue weighted by Crippen LogP contribution is -2.15. The van der Waals surface area contributed by atoms with E-state index in [1.54, 1.807) is 7.11 Å². The molecule has 2 N–H and O–H groups in total. The molecule has 0 aromatic carbocycles. The number of nitrogens with two attached hydrogens (primary N) is 1. The number of carbonyl (C=O) groups is 2. The van der Waals surface area contributed by atoms with E-state index in [2.05, 4.69) is 0 Å². The number of Topliss-reactive ketones (excluding diaryl/α,β-unsaturated/α-hetero) is 1. The van der Waals surface area contributed by atoms with Crippen LogP contribution in [0.3, 0.4) is 0 Å². The molecule has 0 saturated carbocycles. The topological polar surface area (TPSA) is 78.6 Å². The predicted octanol–water partition coefficient (Wildman–Crippen LogP) is 0.264. The first kappa shape index (κ1) is 14.1. The summed E-state index contributed by atoms with van der Waals surface area (Å²) in [5.74, 6) is -0.458. The summed E-state index contributed by atoms with van der Waals surface area (Å²) in [6.07, 6.45) is 1.95. The fourth-order valence-corrected chi connectivity index (χ4v) is 0.950. The van der Waals surface area contributed by atoms with Gasteiger partial charge in [0.1, 0.15) is 5.78 Å². The molecule has 0 unspecified atom stereocenters. The van der Waals surface area contributed by atoms with Crippen LogP contribution >= 0.6 is 0 Å². The van der Waals surface area contributed by atoms with E-state index in [1.165, 1.54) is 0 Å². The zero-order chi connectivity index (χ0) is 11.5. The molecule has 0 radical (unpaired) electrons. The van der Waals surface area contributed by atoms with Crippen molar-refractivity contribution in [1.29, 1.82) is 0 Å². The summed E-state index contributed by atoms with van der Waals surface area (Å²) in [6, 6.07) is 0. The normalized spacial score (nSPS) is 10.0. The Bertz CT molecular complexity index is 194. The molecule has 5 nitrogen and oxygen atoms in total. The Labute approximate surface area is 89.9 Å². The lowest BCUT2D eigenvalue weighted by molar-refractivity contribution is -0.144. The summed E-state index contributed by atoms with van der Waals surface area (Å²) in [6.45, 7) is 1.04. The van der Waals surface area contributed by atoms with Gasteiger partial charge in [0.05, 0.1) is 19.6 Å². The standard InChI is InChI=1S/C10H19NO4/c1-14-6-2-3-7-15-10(13)5-4-9(12)8-11/h2-8,11H2,1H3. The van der Waals surface area contributed by atoms with E-state index in [4.69, 9.17) is 15.2 Å². The number of ketones is 1. The average Bonchev–Trinajstić information content (AvgIpc) is 2.25. The van der Waals surface area contributed by atoms with Crippen LogP contribution in [0.2, 0.25) is 0 Å². The molecule has 0 spiro atoms. The van der Waals surface area contributed by atoms with Crippen molar-refractivity contribution in [3.63, 3.8) is 0 Å². The summed E-state index contributed by atoms with van der Waals surface area (Å²) in [7, 11) is 1.63. The van der Waals surface area contributed by atoms with Crippen LogP contribution in [0.4, 0.5) is 0 Å². The molecule has 0 aliphatic heterocycles. The molecule has 0 aromatic rings. The largest absolute Gasteiger partial charge is 0.466 e. The van der Waals surface area contributed by atoms with Crippen molar-refractivity contribution in [2.24, 2.45) is 5.73 Å². The minimum Gasteiger partial charge on any atom is -0.466 e. The smallest absolute Gasteiger partial charge is 0.306 e. The van der Waals surface area contributed by atoms with Gasteiger partial charge in [-0.05, 0) is 12.8 Å². The molecular formula is C10H19NO4. The van der Waals surface area contributed by atoms with Gasteiger partial charge in [-0.1, -0.05) is 0 Å². The molecule has 0 rings (SSSR count). The summed E-state index contributed by atoms with van der Waals surface area (Å²) >= 11 is 0. The van der Waals surface area contributed by atoms with E-state index in [-0.39, 0.29) is 31.1 Å². The molecule has 0 heterocycles. The molecule has 0 fully saturated rings. The number of ether oxygens (including phenoxy) is 2. The zero-order valence-electron chi connectivity index (χ0n) is 9.16. The van der Waals surface area contributed by atoms with Crippen LogP contribution in [0.15, 0.2) is 0 Å². The lowest BCUT2D eigenvalue weighted by atomic mass is 10.2. The molecule has 0 aromatic heterocycles. The lowest BCUT2D eigenvalue weighted by Gasteiger charge is -2.03. The number of carbonyl (C=O) groups excluding carboxylic acids is 2. The molecule has 0 amide bonds. The molecule has 0 atom stereocenters. The van der Waals surface area contributed by atoms with Crippen LogP contribution < -0.4 is 5.73 Å². The molecular weight excluding hydrogens is 198 g/mol. The van der Waals surface area contributed by atoms with E-state index < -0.39 is 0 Å². The van der Waals surface area contributed by atoms with Gasteiger partial charge in [-0.2, -0.15) is 0 Å². The Hall–Kier alpha value is -0.940. The Kier molecular flexibility index (Phi) is 9.01. The zero-order valence-corrected chi connectivity index (χ0v) is 9.16. The Balaban J connectivity index is 3.30. The molecule has 0 aliphatic carbocycles. The van der Waals surface area contributed by atoms with Crippen LogP contribution in [-0.2, 0) is 19.1 Å². The Morgan fingerprint density at radius 2 is 1.80 bits per heavy atom.